The lowest BCUT2D eigenvalue weighted by Crippen LogP contribution is -2.32. The Morgan fingerprint density at radius 1 is 0.424 bits per heavy atom. The highest BCUT2D eigenvalue weighted by Gasteiger charge is 2.45. The molecular weight excluding hydrogens is 419 g/mol. The molecule has 0 amide bonds. The molecule has 5 rings (SSSR count). The molecule has 2 heteroatoms. The van der Waals surface area contributed by atoms with Gasteiger partial charge in [0.2, 0.25) is 0 Å². The van der Waals surface area contributed by atoms with Gasteiger partial charge in [-0.15, -0.1) is 0 Å². The lowest BCUT2D eigenvalue weighted by molar-refractivity contribution is 0.477. The van der Waals surface area contributed by atoms with Gasteiger partial charge in [-0.2, -0.15) is 0 Å². The Hall–Kier alpha value is -3.67. The van der Waals surface area contributed by atoms with Crippen LogP contribution in [0.5, 0.6) is 5.75 Å². The first-order valence-corrected chi connectivity index (χ1v) is 13.2. The zero-order chi connectivity index (χ0) is 22.5. The Morgan fingerprint density at radius 2 is 0.818 bits per heavy atom. The molecule has 0 radical (unpaired) electrons. The van der Waals surface area contributed by atoms with E-state index in [0.29, 0.717) is 5.75 Å². The van der Waals surface area contributed by atoms with Gasteiger partial charge in [-0.05, 0) is 53.6 Å². The van der Waals surface area contributed by atoms with Crippen LogP contribution in [0.2, 0.25) is 0 Å². The van der Waals surface area contributed by atoms with E-state index >= 15 is 0 Å². The average molecular weight is 446 g/mol. The molecule has 1 nitrogen and oxygen atoms in total. The van der Waals surface area contributed by atoms with Crippen molar-refractivity contribution in [3.63, 3.8) is 0 Å². The SMILES string of the molecule is Oc1ccccc1-c1ccccc1C[P+](c1ccccc1)(c1ccccc1)c1ccccc1. The summed E-state index contributed by atoms with van der Waals surface area (Å²) < 4.78 is 0. The minimum Gasteiger partial charge on any atom is -0.507 e. The smallest absolute Gasteiger partial charge is 0.123 e. The summed E-state index contributed by atoms with van der Waals surface area (Å²) in [5.74, 6) is 0.313. The molecule has 0 aliphatic heterocycles. The van der Waals surface area contributed by atoms with E-state index in [1.165, 1.54) is 21.5 Å². The van der Waals surface area contributed by atoms with Crippen molar-refractivity contribution in [2.24, 2.45) is 0 Å². The first-order chi connectivity index (χ1) is 16.3. The van der Waals surface area contributed by atoms with Crippen molar-refractivity contribution < 1.29 is 5.11 Å². The summed E-state index contributed by atoms with van der Waals surface area (Å²) in [6, 6.07) is 48.9. The monoisotopic (exact) mass is 445 g/mol. The van der Waals surface area contributed by atoms with Crippen LogP contribution in [-0.4, -0.2) is 5.11 Å². The van der Waals surface area contributed by atoms with Gasteiger partial charge < -0.3 is 5.11 Å². The molecule has 0 spiro atoms. The minimum absolute atomic E-state index is 0.313. The third-order valence-electron chi connectivity index (χ3n) is 6.21. The molecule has 5 aromatic rings. The summed E-state index contributed by atoms with van der Waals surface area (Å²) in [6.07, 6.45) is 0.871. The Labute approximate surface area is 196 Å². The molecule has 0 atom stereocenters. The summed E-state index contributed by atoms with van der Waals surface area (Å²) in [5.41, 5.74) is 3.20. The topological polar surface area (TPSA) is 20.2 Å². The van der Waals surface area contributed by atoms with E-state index < -0.39 is 7.26 Å². The predicted molar refractivity (Wildman–Crippen MR) is 142 cm³/mol. The Morgan fingerprint density at radius 3 is 1.30 bits per heavy atom. The van der Waals surface area contributed by atoms with Gasteiger partial charge in [-0.25, -0.2) is 0 Å². The molecule has 0 heterocycles. The Kier molecular flexibility index (Phi) is 6.07. The molecule has 1 N–H and O–H groups in total. The molecule has 0 bridgehead atoms. The number of hydrogen-bond donors (Lipinski definition) is 1. The normalized spacial score (nSPS) is 11.3. The molecular formula is C31H26OP+. The first kappa shape index (κ1) is 21.2. The van der Waals surface area contributed by atoms with Crippen LogP contribution < -0.4 is 15.9 Å². The number of para-hydroxylation sites is 1. The minimum atomic E-state index is -2.02. The number of rotatable bonds is 6. The highest BCUT2D eigenvalue weighted by Crippen LogP contribution is 2.59. The molecule has 0 saturated carbocycles. The second-order valence-electron chi connectivity index (χ2n) is 8.15. The fourth-order valence-corrected chi connectivity index (χ4v) is 8.92. The molecule has 160 valence electrons. The number of benzene rings is 5. The van der Waals surface area contributed by atoms with Gasteiger partial charge in [0.25, 0.3) is 0 Å². The maximum absolute atomic E-state index is 10.6. The summed E-state index contributed by atoms with van der Waals surface area (Å²) in [5, 5.41) is 14.7. The quantitative estimate of drug-likeness (QED) is 0.294. The van der Waals surface area contributed by atoms with Crippen molar-refractivity contribution in [1.29, 1.82) is 0 Å². The summed E-state index contributed by atoms with van der Waals surface area (Å²) in [4.78, 5) is 0. The van der Waals surface area contributed by atoms with E-state index in [4.69, 9.17) is 0 Å². The maximum Gasteiger partial charge on any atom is 0.123 e. The highest BCUT2D eigenvalue weighted by atomic mass is 31.2. The van der Waals surface area contributed by atoms with Crippen LogP contribution in [0.1, 0.15) is 5.56 Å². The third kappa shape index (κ3) is 4.09. The predicted octanol–water partition coefficient (Wildman–Crippen LogP) is 6.55. The Bertz CT molecular complexity index is 1230. The van der Waals surface area contributed by atoms with Crippen LogP contribution in [0.4, 0.5) is 0 Å². The van der Waals surface area contributed by atoms with Crippen LogP contribution in [0.25, 0.3) is 11.1 Å². The van der Waals surface area contributed by atoms with Crippen molar-refractivity contribution in [3.8, 4) is 16.9 Å². The second-order valence-corrected chi connectivity index (χ2v) is 11.6. The number of aromatic hydroxyl groups is 1. The lowest BCUT2D eigenvalue weighted by atomic mass is 10.00. The summed E-state index contributed by atoms with van der Waals surface area (Å²) in [7, 11) is -2.02. The van der Waals surface area contributed by atoms with Gasteiger partial charge in [-0.1, -0.05) is 97.1 Å². The highest BCUT2D eigenvalue weighted by molar-refractivity contribution is 7.95. The number of phenols is 1. The molecule has 0 saturated heterocycles. The Balaban J connectivity index is 1.78. The van der Waals surface area contributed by atoms with Crippen LogP contribution in [0, 0.1) is 0 Å². The molecule has 0 aliphatic rings. The largest absolute Gasteiger partial charge is 0.507 e. The van der Waals surface area contributed by atoms with Crippen molar-refractivity contribution in [3.05, 3.63) is 145 Å². The summed E-state index contributed by atoms with van der Waals surface area (Å²) >= 11 is 0. The third-order valence-corrected chi connectivity index (χ3v) is 10.6. The second kappa shape index (κ2) is 9.45. The zero-order valence-corrected chi connectivity index (χ0v) is 19.3. The van der Waals surface area contributed by atoms with Crippen molar-refractivity contribution in [1.82, 2.24) is 0 Å². The standard InChI is InChI=1S/C31H25OP/c32-31-23-13-12-22-30(31)29-21-11-10-14-25(29)24-33(26-15-4-1-5-16-26,27-17-6-2-7-18-27)28-19-8-3-9-20-28/h1-23H,24H2/p+1. The van der Waals surface area contributed by atoms with Crippen molar-refractivity contribution in [2.45, 2.75) is 6.16 Å². The van der Waals surface area contributed by atoms with Crippen LogP contribution in [0.3, 0.4) is 0 Å². The molecule has 33 heavy (non-hydrogen) atoms. The van der Waals surface area contributed by atoms with Gasteiger partial charge in [0.1, 0.15) is 28.9 Å². The van der Waals surface area contributed by atoms with Gasteiger partial charge in [-0.3, -0.25) is 0 Å². The van der Waals surface area contributed by atoms with Crippen LogP contribution >= 0.6 is 7.26 Å². The van der Waals surface area contributed by atoms with Gasteiger partial charge in [0, 0.05) is 5.56 Å². The lowest BCUT2D eigenvalue weighted by Gasteiger charge is -2.28. The van der Waals surface area contributed by atoms with E-state index in [1.54, 1.807) is 6.07 Å². The van der Waals surface area contributed by atoms with E-state index in [-0.39, 0.29) is 0 Å². The van der Waals surface area contributed by atoms with Gasteiger partial charge in [0.15, 0.2) is 0 Å². The maximum atomic E-state index is 10.6. The van der Waals surface area contributed by atoms with Crippen LogP contribution in [0.15, 0.2) is 140 Å². The molecule has 5 aromatic carbocycles. The zero-order valence-electron chi connectivity index (χ0n) is 18.4. The molecule has 0 aliphatic carbocycles. The number of hydrogen-bond acceptors (Lipinski definition) is 1. The first-order valence-electron chi connectivity index (χ1n) is 11.2. The van der Waals surface area contributed by atoms with Gasteiger partial charge in [0.05, 0.1) is 6.16 Å². The average Bonchev–Trinajstić information content (AvgIpc) is 2.89. The van der Waals surface area contributed by atoms with Crippen molar-refractivity contribution >= 4 is 23.2 Å². The van der Waals surface area contributed by atoms with Crippen molar-refractivity contribution in [2.75, 3.05) is 0 Å². The molecule has 0 aromatic heterocycles. The fraction of sp³-hybridized carbons (Fsp3) is 0.0323. The summed E-state index contributed by atoms with van der Waals surface area (Å²) in [6.45, 7) is 0. The number of phenolic OH excluding ortho intramolecular Hbond substituents is 1. The van der Waals surface area contributed by atoms with Crippen LogP contribution in [-0.2, 0) is 6.16 Å². The fourth-order valence-electron chi connectivity index (χ4n) is 4.65. The van der Waals surface area contributed by atoms with E-state index in [1.807, 2.05) is 18.2 Å². The van der Waals surface area contributed by atoms with E-state index in [9.17, 15) is 5.11 Å². The van der Waals surface area contributed by atoms with Gasteiger partial charge >= 0.3 is 0 Å². The van der Waals surface area contributed by atoms with E-state index in [2.05, 4.69) is 115 Å². The van der Waals surface area contributed by atoms with E-state index in [0.717, 1.165) is 17.3 Å². The molecule has 0 fully saturated rings. The molecule has 0 unspecified atom stereocenters.